The summed E-state index contributed by atoms with van der Waals surface area (Å²) < 4.78 is 7.29. The summed E-state index contributed by atoms with van der Waals surface area (Å²) in [4.78, 5) is 0.847. The molecule has 20 heavy (non-hydrogen) atoms. The molecular weight excluding hydrogens is 274 g/mol. The molecule has 0 bridgehead atoms. The molecule has 0 amide bonds. The van der Waals surface area contributed by atoms with E-state index < -0.39 is 0 Å². The highest BCUT2D eigenvalue weighted by molar-refractivity contribution is 7.16. The highest BCUT2D eigenvalue weighted by Crippen LogP contribution is 2.30. The van der Waals surface area contributed by atoms with Crippen molar-refractivity contribution in [2.75, 3.05) is 13.2 Å². The van der Waals surface area contributed by atoms with Crippen LogP contribution in [0.1, 0.15) is 55.9 Å². The molecule has 1 aliphatic rings. The van der Waals surface area contributed by atoms with Crippen molar-refractivity contribution >= 4 is 16.3 Å². The number of ether oxygens (including phenoxy) is 1. The summed E-state index contributed by atoms with van der Waals surface area (Å²) in [5, 5.41) is 14.2. The minimum atomic E-state index is -0.0192. The van der Waals surface area contributed by atoms with Gasteiger partial charge in [-0.3, -0.25) is 0 Å². The Labute approximate surface area is 122 Å². The van der Waals surface area contributed by atoms with Crippen molar-refractivity contribution < 1.29 is 4.74 Å². The largest absolute Gasteiger partial charge is 0.381 e. The smallest absolute Gasteiger partial charge is 0.234 e. The van der Waals surface area contributed by atoms with Gasteiger partial charge in [0.25, 0.3) is 0 Å². The summed E-state index contributed by atoms with van der Waals surface area (Å²) >= 11 is 1.56. The van der Waals surface area contributed by atoms with Crippen molar-refractivity contribution in [3.8, 4) is 0 Å². The van der Waals surface area contributed by atoms with Crippen LogP contribution in [0.2, 0.25) is 0 Å². The molecule has 1 saturated heterocycles. The maximum Gasteiger partial charge on any atom is 0.234 e. The molecule has 1 aliphatic heterocycles. The average Bonchev–Trinajstić information content (AvgIpc) is 3.06. The molecule has 0 radical (unpaired) electrons. The number of hydrogen-bond donors (Lipinski definition) is 1. The van der Waals surface area contributed by atoms with Gasteiger partial charge in [-0.2, -0.15) is 9.61 Å². The molecule has 0 aliphatic carbocycles. The maximum absolute atomic E-state index is 6.27. The van der Waals surface area contributed by atoms with E-state index in [9.17, 15) is 0 Å². The van der Waals surface area contributed by atoms with E-state index in [0.717, 1.165) is 48.3 Å². The third-order valence-corrected chi connectivity index (χ3v) is 5.16. The number of fused-ring (bicyclic) bond motifs is 1. The Balaban J connectivity index is 1.90. The van der Waals surface area contributed by atoms with Crippen LogP contribution >= 0.6 is 11.3 Å². The lowest BCUT2D eigenvalue weighted by atomic mass is 10.00. The van der Waals surface area contributed by atoms with Gasteiger partial charge in [0.05, 0.1) is 6.04 Å². The fraction of sp³-hybridized carbons (Fsp3) is 0.769. The number of rotatable bonds is 4. The highest BCUT2D eigenvalue weighted by Gasteiger charge is 2.25. The second-order valence-corrected chi connectivity index (χ2v) is 6.48. The molecule has 2 atom stereocenters. The Morgan fingerprint density at radius 2 is 2.15 bits per heavy atom. The van der Waals surface area contributed by atoms with Crippen LogP contribution in [-0.2, 0) is 4.74 Å². The lowest BCUT2D eigenvalue weighted by Crippen LogP contribution is -2.19. The van der Waals surface area contributed by atoms with E-state index in [0.29, 0.717) is 11.8 Å². The third kappa shape index (κ3) is 2.45. The Kier molecular flexibility index (Phi) is 4.00. The van der Waals surface area contributed by atoms with Crippen LogP contribution in [0.4, 0.5) is 0 Å². The normalized spacial score (nSPS) is 20.4. The van der Waals surface area contributed by atoms with Crippen LogP contribution in [0.25, 0.3) is 4.96 Å². The van der Waals surface area contributed by atoms with Gasteiger partial charge in [-0.1, -0.05) is 31.6 Å². The molecule has 0 aromatic carbocycles. The summed E-state index contributed by atoms with van der Waals surface area (Å²) in [5.41, 5.74) is 6.27. The topological polar surface area (TPSA) is 78.3 Å². The third-order valence-electron chi connectivity index (χ3n) is 4.16. The molecule has 3 rings (SSSR count). The quantitative estimate of drug-likeness (QED) is 0.934. The summed E-state index contributed by atoms with van der Waals surface area (Å²) in [5.74, 6) is 1.78. The first-order chi connectivity index (χ1) is 9.70. The maximum atomic E-state index is 6.27. The zero-order chi connectivity index (χ0) is 14.1. The van der Waals surface area contributed by atoms with E-state index in [1.165, 1.54) is 0 Å². The van der Waals surface area contributed by atoms with E-state index in [1.54, 1.807) is 11.3 Å². The summed E-state index contributed by atoms with van der Waals surface area (Å²) in [6.07, 6.45) is 3.03. The minimum Gasteiger partial charge on any atom is -0.381 e. The van der Waals surface area contributed by atoms with Crippen LogP contribution in [-0.4, -0.2) is 33.0 Å². The molecule has 2 aromatic rings. The second-order valence-electron chi connectivity index (χ2n) is 5.49. The van der Waals surface area contributed by atoms with Gasteiger partial charge >= 0.3 is 0 Å². The molecular formula is C13H21N5OS. The van der Waals surface area contributed by atoms with Crippen molar-refractivity contribution in [1.29, 1.82) is 0 Å². The van der Waals surface area contributed by atoms with Gasteiger partial charge in [0.2, 0.25) is 4.96 Å². The predicted octanol–water partition coefficient (Wildman–Crippen LogP) is 2.13. The van der Waals surface area contributed by atoms with Gasteiger partial charge in [0.1, 0.15) is 5.01 Å². The molecule has 110 valence electrons. The second kappa shape index (κ2) is 5.75. The molecule has 2 N–H and O–H groups in total. The van der Waals surface area contributed by atoms with Gasteiger partial charge < -0.3 is 10.5 Å². The molecule has 2 aromatic heterocycles. The zero-order valence-electron chi connectivity index (χ0n) is 12.0. The lowest BCUT2D eigenvalue weighted by molar-refractivity contribution is 0.0831. The van der Waals surface area contributed by atoms with Crippen LogP contribution in [0.15, 0.2) is 0 Å². The van der Waals surface area contributed by atoms with E-state index in [4.69, 9.17) is 10.5 Å². The van der Waals surface area contributed by atoms with Gasteiger partial charge in [-0.05, 0) is 18.8 Å². The van der Waals surface area contributed by atoms with Gasteiger partial charge in [-0.25, -0.2) is 0 Å². The van der Waals surface area contributed by atoms with E-state index in [1.807, 2.05) is 4.52 Å². The highest BCUT2D eigenvalue weighted by atomic mass is 32.1. The van der Waals surface area contributed by atoms with Crippen molar-refractivity contribution in [2.45, 2.75) is 45.1 Å². The first kappa shape index (κ1) is 13.9. The fourth-order valence-corrected chi connectivity index (χ4v) is 3.47. The number of nitrogens with two attached hydrogens (primary N) is 1. The van der Waals surface area contributed by atoms with Gasteiger partial charge in [0.15, 0.2) is 5.82 Å². The average molecular weight is 295 g/mol. The van der Waals surface area contributed by atoms with Crippen LogP contribution in [0, 0.1) is 5.92 Å². The Morgan fingerprint density at radius 3 is 2.85 bits per heavy atom. The van der Waals surface area contributed by atoms with Crippen LogP contribution in [0.5, 0.6) is 0 Å². The predicted molar refractivity (Wildman–Crippen MR) is 77.8 cm³/mol. The Morgan fingerprint density at radius 1 is 1.40 bits per heavy atom. The minimum absolute atomic E-state index is 0.0192. The van der Waals surface area contributed by atoms with Gasteiger partial charge in [0, 0.05) is 19.1 Å². The van der Waals surface area contributed by atoms with Crippen molar-refractivity contribution in [3.05, 3.63) is 10.8 Å². The molecule has 6 nitrogen and oxygen atoms in total. The molecule has 0 spiro atoms. The molecule has 7 heteroatoms. The number of aromatic nitrogens is 4. The summed E-state index contributed by atoms with van der Waals surface area (Å²) in [7, 11) is 0. The molecule has 2 unspecified atom stereocenters. The van der Waals surface area contributed by atoms with Crippen molar-refractivity contribution in [3.63, 3.8) is 0 Å². The monoisotopic (exact) mass is 295 g/mol. The van der Waals surface area contributed by atoms with Crippen molar-refractivity contribution in [2.24, 2.45) is 11.7 Å². The fourth-order valence-electron chi connectivity index (χ4n) is 2.49. The molecule has 0 saturated carbocycles. The standard InChI is InChI=1S/C13H21N5OS/c1-3-8(2)10(14)12-17-18-11(15-16-13(18)20-12)9-4-6-19-7-5-9/h8-10H,3-7,14H2,1-2H3. The van der Waals surface area contributed by atoms with E-state index in [-0.39, 0.29) is 6.04 Å². The van der Waals surface area contributed by atoms with Crippen LogP contribution in [0.3, 0.4) is 0 Å². The summed E-state index contributed by atoms with van der Waals surface area (Å²) in [6, 6.07) is -0.0192. The number of hydrogen-bond acceptors (Lipinski definition) is 6. The van der Waals surface area contributed by atoms with E-state index in [2.05, 4.69) is 29.1 Å². The van der Waals surface area contributed by atoms with Crippen LogP contribution < -0.4 is 5.73 Å². The number of nitrogens with zero attached hydrogens (tertiary/aromatic N) is 4. The Bertz CT molecular complexity index is 574. The first-order valence-corrected chi connectivity index (χ1v) is 8.07. The lowest BCUT2D eigenvalue weighted by Gasteiger charge is -2.19. The SMILES string of the molecule is CCC(C)C(N)c1nn2c(C3CCOCC3)nnc2s1. The summed E-state index contributed by atoms with van der Waals surface area (Å²) in [6.45, 7) is 5.90. The molecule has 1 fully saturated rings. The molecule has 3 heterocycles. The Hall–Kier alpha value is -1.05. The van der Waals surface area contributed by atoms with Crippen molar-refractivity contribution in [1.82, 2.24) is 19.8 Å². The van der Waals surface area contributed by atoms with E-state index >= 15 is 0 Å². The first-order valence-electron chi connectivity index (χ1n) is 7.26. The zero-order valence-corrected chi connectivity index (χ0v) is 12.8. The van der Waals surface area contributed by atoms with Gasteiger partial charge in [-0.15, -0.1) is 10.2 Å².